The van der Waals surface area contributed by atoms with E-state index in [1.54, 1.807) is 6.92 Å². The minimum absolute atomic E-state index is 0.0961. The number of carbonyl (C=O) groups excluding carboxylic acids is 2. The summed E-state index contributed by atoms with van der Waals surface area (Å²) >= 11 is 5.68. The number of hydrogen-bond acceptors (Lipinski definition) is 4. The zero-order chi connectivity index (χ0) is 24.2. The van der Waals surface area contributed by atoms with Gasteiger partial charge in [0.15, 0.2) is 5.67 Å². The number of nitrogens with zero attached hydrogens (tertiary/aromatic N) is 3. The molecule has 0 unspecified atom stereocenters. The van der Waals surface area contributed by atoms with Gasteiger partial charge in [-0.1, -0.05) is 11.6 Å². The molecule has 1 saturated carbocycles. The number of halogens is 4. The van der Waals surface area contributed by atoms with Gasteiger partial charge in [-0.2, -0.15) is 0 Å². The second kappa shape index (κ2) is 8.09. The normalized spacial score (nSPS) is 18.1. The first-order valence-corrected chi connectivity index (χ1v) is 11.0. The van der Waals surface area contributed by atoms with Crippen LogP contribution in [-0.4, -0.2) is 28.3 Å². The molecule has 1 fully saturated rings. The minimum Gasteiger partial charge on any atom is -0.324 e. The fraction of sp³-hybridized carbons (Fsp3) is 0.250. The molecular formula is C24H18ClF3N4O2. The van der Waals surface area contributed by atoms with Crippen LogP contribution in [0.5, 0.6) is 0 Å². The van der Waals surface area contributed by atoms with E-state index in [4.69, 9.17) is 11.6 Å². The first kappa shape index (κ1) is 22.3. The smallest absolute Gasteiger partial charge is 0.244 e. The van der Waals surface area contributed by atoms with Gasteiger partial charge in [0.2, 0.25) is 11.8 Å². The Morgan fingerprint density at radius 2 is 1.94 bits per heavy atom. The third-order valence-electron chi connectivity index (χ3n) is 6.05. The maximum absolute atomic E-state index is 14.8. The molecule has 1 aliphatic heterocycles. The van der Waals surface area contributed by atoms with Crippen molar-refractivity contribution in [2.45, 2.75) is 31.4 Å². The van der Waals surface area contributed by atoms with E-state index < -0.39 is 41.6 Å². The maximum atomic E-state index is 14.8. The Kier molecular flexibility index (Phi) is 5.31. The summed E-state index contributed by atoms with van der Waals surface area (Å²) in [7, 11) is 0. The number of anilines is 2. The number of fused-ring (bicyclic) bond motifs is 3. The quantitative estimate of drug-likeness (QED) is 0.555. The fourth-order valence-electron chi connectivity index (χ4n) is 4.05. The van der Waals surface area contributed by atoms with Crippen molar-refractivity contribution in [3.63, 3.8) is 0 Å². The van der Waals surface area contributed by atoms with Gasteiger partial charge in [-0.15, -0.1) is 0 Å². The standard InChI is InChI=1S/C24H18ClF3N4O2/c1-12-22-15(6-13(26)9-30-22)16-10-29-20(24(28)4-5-24)8-19(16)32(23(12)34)11-21(33)31-14-2-3-17(25)18(27)7-14/h2-3,6-10,12H,4-5,11H2,1H3,(H,31,33)/t12-/m0/s1. The van der Waals surface area contributed by atoms with Crippen LogP contribution in [0.2, 0.25) is 5.02 Å². The van der Waals surface area contributed by atoms with Crippen molar-refractivity contribution in [1.82, 2.24) is 9.97 Å². The van der Waals surface area contributed by atoms with Crippen LogP contribution in [-0.2, 0) is 15.3 Å². The highest BCUT2D eigenvalue weighted by molar-refractivity contribution is 6.30. The van der Waals surface area contributed by atoms with Gasteiger partial charge in [0, 0.05) is 23.0 Å². The lowest BCUT2D eigenvalue weighted by atomic mass is 9.98. The van der Waals surface area contributed by atoms with Gasteiger partial charge in [0.05, 0.1) is 34.2 Å². The number of amides is 2. The maximum Gasteiger partial charge on any atom is 0.244 e. The van der Waals surface area contributed by atoms with E-state index in [1.165, 1.54) is 35.4 Å². The summed E-state index contributed by atoms with van der Waals surface area (Å²) in [5.74, 6) is -3.21. The SMILES string of the molecule is C[C@@H]1C(=O)N(CC(=O)Nc2ccc(Cl)c(F)c2)c2cc(C3(F)CC3)ncc2-c2cc(F)cnc21. The zero-order valence-corrected chi connectivity index (χ0v) is 18.7. The van der Waals surface area contributed by atoms with E-state index in [1.807, 2.05) is 0 Å². The van der Waals surface area contributed by atoms with Crippen LogP contribution in [0.1, 0.15) is 37.1 Å². The molecule has 1 N–H and O–H groups in total. The molecule has 5 rings (SSSR count). The Morgan fingerprint density at radius 1 is 1.18 bits per heavy atom. The summed E-state index contributed by atoms with van der Waals surface area (Å²) in [6.45, 7) is 1.16. The monoisotopic (exact) mass is 486 g/mol. The van der Waals surface area contributed by atoms with E-state index in [2.05, 4.69) is 15.3 Å². The molecule has 1 aromatic carbocycles. The number of alkyl halides is 1. The van der Waals surface area contributed by atoms with Crippen LogP contribution in [0.25, 0.3) is 11.1 Å². The van der Waals surface area contributed by atoms with Crippen molar-refractivity contribution >= 4 is 34.8 Å². The van der Waals surface area contributed by atoms with Crippen molar-refractivity contribution in [2.24, 2.45) is 0 Å². The summed E-state index contributed by atoms with van der Waals surface area (Å²) in [5.41, 5.74) is -0.0245. The third kappa shape index (κ3) is 3.90. The van der Waals surface area contributed by atoms with Gasteiger partial charge in [0.1, 0.15) is 18.2 Å². The Bertz CT molecular complexity index is 1350. The van der Waals surface area contributed by atoms with E-state index in [9.17, 15) is 22.8 Å². The lowest BCUT2D eigenvalue weighted by Gasteiger charge is -2.25. The molecule has 2 amide bonds. The molecule has 6 nitrogen and oxygen atoms in total. The Labute approximate surface area is 197 Å². The van der Waals surface area contributed by atoms with Crippen molar-refractivity contribution in [1.29, 1.82) is 0 Å². The molecule has 3 aromatic rings. The predicted octanol–water partition coefficient (Wildman–Crippen LogP) is 5.12. The average molecular weight is 487 g/mol. The molecule has 174 valence electrons. The molecular weight excluding hydrogens is 469 g/mol. The Hall–Kier alpha value is -3.46. The van der Waals surface area contributed by atoms with Gasteiger partial charge in [0.25, 0.3) is 0 Å². The summed E-state index contributed by atoms with van der Waals surface area (Å²) in [5, 5.41) is 2.44. The van der Waals surface area contributed by atoms with Gasteiger partial charge in [-0.05, 0) is 50.1 Å². The van der Waals surface area contributed by atoms with Crippen LogP contribution < -0.4 is 10.2 Å². The van der Waals surface area contributed by atoms with Crippen molar-refractivity contribution in [2.75, 3.05) is 16.8 Å². The Balaban J connectivity index is 1.56. The molecule has 34 heavy (non-hydrogen) atoms. The molecule has 0 spiro atoms. The number of aromatic nitrogens is 2. The van der Waals surface area contributed by atoms with Crippen LogP contribution in [0, 0.1) is 11.6 Å². The first-order valence-electron chi connectivity index (χ1n) is 10.6. The summed E-state index contributed by atoms with van der Waals surface area (Å²) < 4.78 is 42.7. The first-order chi connectivity index (χ1) is 16.2. The molecule has 1 atom stereocenters. The van der Waals surface area contributed by atoms with Crippen molar-refractivity contribution in [3.05, 3.63) is 70.8 Å². The number of pyridine rings is 2. The number of nitrogens with one attached hydrogen (secondary N) is 1. The van der Waals surface area contributed by atoms with Gasteiger partial charge < -0.3 is 10.2 Å². The highest BCUT2D eigenvalue weighted by atomic mass is 35.5. The Morgan fingerprint density at radius 3 is 2.65 bits per heavy atom. The number of carbonyl (C=O) groups is 2. The van der Waals surface area contributed by atoms with Crippen LogP contribution in [0.15, 0.2) is 42.7 Å². The summed E-state index contributed by atoms with van der Waals surface area (Å²) in [6, 6.07) is 6.46. The molecule has 0 saturated heterocycles. The van der Waals surface area contributed by atoms with Gasteiger partial charge >= 0.3 is 0 Å². The van der Waals surface area contributed by atoms with Crippen molar-refractivity contribution in [3.8, 4) is 11.1 Å². The molecule has 2 aromatic heterocycles. The largest absolute Gasteiger partial charge is 0.324 e. The van der Waals surface area contributed by atoms with E-state index in [0.29, 0.717) is 29.7 Å². The molecule has 2 aliphatic rings. The van der Waals surface area contributed by atoms with E-state index in [-0.39, 0.29) is 22.1 Å². The van der Waals surface area contributed by atoms with Gasteiger partial charge in [-0.3, -0.25) is 19.6 Å². The molecule has 1 aliphatic carbocycles. The molecule has 0 bridgehead atoms. The fourth-order valence-corrected chi connectivity index (χ4v) is 4.17. The number of hydrogen-bond donors (Lipinski definition) is 1. The lowest BCUT2D eigenvalue weighted by molar-refractivity contribution is -0.122. The highest BCUT2D eigenvalue weighted by Crippen LogP contribution is 2.50. The summed E-state index contributed by atoms with van der Waals surface area (Å²) in [4.78, 5) is 35.8. The highest BCUT2D eigenvalue weighted by Gasteiger charge is 2.47. The third-order valence-corrected chi connectivity index (χ3v) is 6.35. The molecule has 10 heteroatoms. The van der Waals surface area contributed by atoms with Crippen LogP contribution >= 0.6 is 11.6 Å². The lowest BCUT2D eigenvalue weighted by Crippen LogP contribution is -2.40. The van der Waals surface area contributed by atoms with Gasteiger partial charge in [-0.25, -0.2) is 13.2 Å². The molecule has 0 radical (unpaired) electrons. The van der Waals surface area contributed by atoms with Crippen LogP contribution in [0.4, 0.5) is 24.5 Å². The predicted molar refractivity (Wildman–Crippen MR) is 120 cm³/mol. The number of rotatable bonds is 4. The average Bonchev–Trinajstić information content (AvgIpc) is 3.57. The second-order valence-corrected chi connectivity index (χ2v) is 8.87. The second-order valence-electron chi connectivity index (χ2n) is 8.46. The van der Waals surface area contributed by atoms with Crippen molar-refractivity contribution < 1.29 is 22.8 Å². The van der Waals surface area contributed by atoms with E-state index >= 15 is 0 Å². The summed E-state index contributed by atoms with van der Waals surface area (Å²) in [6.07, 6.45) is 3.01. The molecule has 3 heterocycles. The van der Waals surface area contributed by atoms with Crippen LogP contribution in [0.3, 0.4) is 0 Å². The van der Waals surface area contributed by atoms with E-state index in [0.717, 1.165) is 12.3 Å². The zero-order valence-electron chi connectivity index (χ0n) is 17.9. The minimum atomic E-state index is -1.59. The topological polar surface area (TPSA) is 75.2 Å². The number of benzene rings is 1.